The maximum atomic E-state index is 13.4. The molecule has 2 unspecified atom stereocenters. The largest absolute Gasteiger partial charge is 0.376 e. The first-order valence-electron chi connectivity index (χ1n) is 7.52. The molecule has 1 aromatic rings. The first kappa shape index (κ1) is 15.4. The highest BCUT2D eigenvalue weighted by Gasteiger charge is 2.18. The molecule has 1 heterocycles. The molecule has 0 bridgehead atoms. The Bertz CT molecular complexity index is 413. The van der Waals surface area contributed by atoms with Gasteiger partial charge in [-0.2, -0.15) is 0 Å². The topological polar surface area (TPSA) is 24.5 Å². The molecule has 2 rings (SSSR count). The molecule has 4 heteroatoms. The van der Waals surface area contributed by atoms with Crippen LogP contribution >= 0.6 is 0 Å². The van der Waals surface area contributed by atoms with Crippen molar-refractivity contribution in [3.63, 3.8) is 0 Å². The van der Waals surface area contributed by atoms with E-state index in [2.05, 4.69) is 24.1 Å². The highest BCUT2D eigenvalue weighted by molar-refractivity contribution is 5.20. The van der Waals surface area contributed by atoms with Gasteiger partial charge in [0.05, 0.1) is 12.7 Å². The number of morpholine rings is 1. The number of ether oxygens (including phenoxy) is 1. The minimum atomic E-state index is -0.162. The quantitative estimate of drug-likeness (QED) is 0.867. The first-order chi connectivity index (χ1) is 9.69. The summed E-state index contributed by atoms with van der Waals surface area (Å²) in [6.07, 6.45) is 1.31. The fourth-order valence-corrected chi connectivity index (χ4v) is 2.76. The maximum Gasteiger partial charge on any atom is 0.123 e. The van der Waals surface area contributed by atoms with Crippen LogP contribution in [0, 0.1) is 5.82 Å². The van der Waals surface area contributed by atoms with Gasteiger partial charge in [0.25, 0.3) is 0 Å². The second kappa shape index (κ2) is 7.72. The van der Waals surface area contributed by atoms with Crippen LogP contribution in [-0.4, -0.2) is 43.8 Å². The van der Waals surface area contributed by atoms with Crippen LogP contribution in [0.4, 0.5) is 4.39 Å². The third-order valence-electron chi connectivity index (χ3n) is 3.76. The van der Waals surface area contributed by atoms with Crippen LogP contribution in [0.25, 0.3) is 0 Å². The summed E-state index contributed by atoms with van der Waals surface area (Å²) in [5, 5.41) is 3.45. The van der Waals surface area contributed by atoms with Crippen molar-refractivity contribution < 1.29 is 9.13 Å². The lowest BCUT2D eigenvalue weighted by molar-refractivity contribution is -0.0192. The number of hydrogen-bond acceptors (Lipinski definition) is 3. The molecule has 1 aliphatic rings. The van der Waals surface area contributed by atoms with Crippen molar-refractivity contribution in [1.29, 1.82) is 0 Å². The van der Waals surface area contributed by atoms with Crippen molar-refractivity contribution in [3.05, 3.63) is 35.6 Å². The number of nitrogens with zero attached hydrogens (tertiary/aromatic N) is 1. The molecule has 0 radical (unpaired) electrons. The molecule has 20 heavy (non-hydrogen) atoms. The smallest absolute Gasteiger partial charge is 0.123 e. The first-order valence-corrected chi connectivity index (χ1v) is 7.52. The Morgan fingerprint density at radius 1 is 1.50 bits per heavy atom. The molecule has 1 aliphatic heterocycles. The summed E-state index contributed by atoms with van der Waals surface area (Å²) < 4.78 is 18.9. The summed E-state index contributed by atoms with van der Waals surface area (Å²) in [7, 11) is 0. The lowest BCUT2D eigenvalue weighted by Crippen LogP contribution is -2.42. The Balaban J connectivity index is 1.92. The normalized spacial score (nSPS) is 21.9. The summed E-state index contributed by atoms with van der Waals surface area (Å²) in [4.78, 5) is 2.43. The van der Waals surface area contributed by atoms with E-state index in [-0.39, 0.29) is 11.9 Å². The molecular weight excluding hydrogens is 255 g/mol. The van der Waals surface area contributed by atoms with E-state index in [9.17, 15) is 4.39 Å². The number of nitrogens with one attached hydrogen (secondary N) is 1. The van der Waals surface area contributed by atoms with E-state index in [0.717, 1.165) is 44.8 Å². The van der Waals surface area contributed by atoms with Crippen molar-refractivity contribution >= 4 is 0 Å². The third kappa shape index (κ3) is 4.54. The summed E-state index contributed by atoms with van der Waals surface area (Å²) >= 11 is 0. The molecular formula is C16H25FN2O. The number of halogens is 1. The Hall–Kier alpha value is -0.970. The molecule has 3 nitrogen and oxygen atoms in total. The van der Waals surface area contributed by atoms with Gasteiger partial charge in [-0.1, -0.05) is 19.1 Å². The van der Waals surface area contributed by atoms with Crippen LogP contribution in [-0.2, 0) is 4.74 Å². The van der Waals surface area contributed by atoms with Crippen molar-refractivity contribution in [2.45, 2.75) is 32.4 Å². The summed E-state index contributed by atoms with van der Waals surface area (Å²) in [6, 6.07) is 7.13. The Labute approximate surface area is 121 Å². The molecule has 0 amide bonds. The molecule has 0 aliphatic carbocycles. The van der Waals surface area contributed by atoms with Crippen LogP contribution in [0.1, 0.15) is 31.9 Å². The second-order valence-corrected chi connectivity index (χ2v) is 5.44. The fourth-order valence-electron chi connectivity index (χ4n) is 2.76. The van der Waals surface area contributed by atoms with Gasteiger partial charge < -0.3 is 10.1 Å². The number of hydrogen-bond donors (Lipinski definition) is 1. The molecule has 0 spiro atoms. The summed E-state index contributed by atoms with van der Waals surface area (Å²) in [6.45, 7) is 8.90. The van der Waals surface area contributed by atoms with Gasteiger partial charge >= 0.3 is 0 Å². The van der Waals surface area contributed by atoms with Gasteiger partial charge in [-0.25, -0.2) is 4.39 Å². The molecule has 2 atom stereocenters. The van der Waals surface area contributed by atoms with Crippen LogP contribution in [0.5, 0.6) is 0 Å². The van der Waals surface area contributed by atoms with Crippen molar-refractivity contribution in [2.75, 3.05) is 32.8 Å². The maximum absolute atomic E-state index is 13.4. The van der Waals surface area contributed by atoms with E-state index in [0.29, 0.717) is 6.10 Å². The predicted molar refractivity (Wildman–Crippen MR) is 79.3 cm³/mol. The highest BCUT2D eigenvalue weighted by atomic mass is 19.1. The van der Waals surface area contributed by atoms with E-state index in [1.807, 2.05) is 6.07 Å². The van der Waals surface area contributed by atoms with Gasteiger partial charge in [-0.3, -0.25) is 4.90 Å². The minimum absolute atomic E-state index is 0.162. The lowest BCUT2D eigenvalue weighted by atomic mass is 10.0. The fraction of sp³-hybridized carbons (Fsp3) is 0.625. The van der Waals surface area contributed by atoms with E-state index in [1.54, 1.807) is 12.1 Å². The van der Waals surface area contributed by atoms with Crippen molar-refractivity contribution in [3.8, 4) is 0 Å². The average molecular weight is 280 g/mol. The van der Waals surface area contributed by atoms with E-state index < -0.39 is 0 Å². The third-order valence-corrected chi connectivity index (χ3v) is 3.76. The van der Waals surface area contributed by atoms with E-state index in [1.165, 1.54) is 6.07 Å². The zero-order valence-corrected chi connectivity index (χ0v) is 12.4. The minimum Gasteiger partial charge on any atom is -0.376 e. The van der Waals surface area contributed by atoms with Crippen LogP contribution < -0.4 is 5.32 Å². The average Bonchev–Trinajstić information content (AvgIpc) is 2.43. The van der Waals surface area contributed by atoms with Gasteiger partial charge in [0, 0.05) is 25.7 Å². The number of rotatable bonds is 6. The van der Waals surface area contributed by atoms with Gasteiger partial charge in [-0.05, 0) is 37.6 Å². The van der Waals surface area contributed by atoms with Gasteiger partial charge in [0.15, 0.2) is 0 Å². The van der Waals surface area contributed by atoms with Crippen LogP contribution in [0.15, 0.2) is 24.3 Å². The van der Waals surface area contributed by atoms with Crippen molar-refractivity contribution in [2.24, 2.45) is 0 Å². The summed E-state index contributed by atoms with van der Waals surface area (Å²) in [5.41, 5.74) is 1.04. The van der Waals surface area contributed by atoms with E-state index >= 15 is 0 Å². The Morgan fingerprint density at radius 2 is 2.35 bits per heavy atom. The Kier molecular flexibility index (Phi) is 5.95. The predicted octanol–water partition coefficient (Wildman–Crippen LogP) is 2.59. The van der Waals surface area contributed by atoms with Gasteiger partial charge in [-0.15, -0.1) is 0 Å². The molecule has 1 saturated heterocycles. The van der Waals surface area contributed by atoms with E-state index in [4.69, 9.17) is 4.74 Å². The molecule has 1 fully saturated rings. The zero-order valence-electron chi connectivity index (χ0n) is 12.4. The lowest BCUT2D eigenvalue weighted by Gasteiger charge is -2.32. The monoisotopic (exact) mass is 280 g/mol. The molecule has 112 valence electrons. The van der Waals surface area contributed by atoms with Crippen LogP contribution in [0.2, 0.25) is 0 Å². The Morgan fingerprint density at radius 3 is 3.05 bits per heavy atom. The van der Waals surface area contributed by atoms with Gasteiger partial charge in [0.1, 0.15) is 5.82 Å². The van der Waals surface area contributed by atoms with Gasteiger partial charge in [0.2, 0.25) is 0 Å². The highest BCUT2D eigenvalue weighted by Crippen LogP contribution is 2.19. The molecule has 0 saturated carbocycles. The van der Waals surface area contributed by atoms with Crippen molar-refractivity contribution in [1.82, 2.24) is 10.2 Å². The molecule has 1 N–H and O–H groups in total. The summed E-state index contributed by atoms with van der Waals surface area (Å²) in [5.74, 6) is -0.162. The zero-order chi connectivity index (χ0) is 14.4. The SMILES string of the molecule is CCNC(CCN1CCOC(C)C1)c1cccc(F)c1. The standard InChI is InChI=1S/C16H25FN2O/c1-3-18-16(14-5-4-6-15(17)11-14)7-8-19-9-10-20-13(2)12-19/h4-6,11,13,16,18H,3,7-10,12H2,1-2H3. The van der Waals surface area contributed by atoms with Crippen LogP contribution in [0.3, 0.4) is 0 Å². The second-order valence-electron chi connectivity index (χ2n) is 5.44. The number of benzene rings is 1. The molecule has 1 aromatic carbocycles. The molecule has 0 aromatic heterocycles.